The van der Waals surface area contributed by atoms with Gasteiger partial charge < -0.3 is 20.1 Å². The fourth-order valence-electron chi connectivity index (χ4n) is 7.15. The van der Waals surface area contributed by atoms with E-state index in [2.05, 4.69) is 19.1 Å². The fraction of sp³-hybridized carbons (Fsp3) is 0.868. The second-order valence-electron chi connectivity index (χ2n) is 13.3. The van der Waals surface area contributed by atoms with Crippen molar-refractivity contribution < 1.29 is 34.2 Å². The molecular formula is C38H71NO6. The Morgan fingerprint density at radius 3 is 1.18 bits per heavy atom. The van der Waals surface area contributed by atoms with Crippen LogP contribution >= 0.6 is 0 Å². The molecule has 0 fully saturated rings. The van der Waals surface area contributed by atoms with E-state index in [9.17, 15) is 29.7 Å². The summed E-state index contributed by atoms with van der Waals surface area (Å²) in [5.41, 5.74) is 0. The molecule has 3 atom stereocenters. The highest BCUT2D eigenvalue weighted by atomic mass is 16.4. The lowest BCUT2D eigenvalue weighted by Crippen LogP contribution is -2.74. The van der Waals surface area contributed by atoms with Gasteiger partial charge in [-0.15, -0.1) is 0 Å². The van der Waals surface area contributed by atoms with Gasteiger partial charge >= 0.3 is 11.9 Å². The lowest BCUT2D eigenvalue weighted by atomic mass is 9.91. The summed E-state index contributed by atoms with van der Waals surface area (Å²) in [6.45, 7) is 8.08. The van der Waals surface area contributed by atoms with E-state index >= 15 is 0 Å². The van der Waals surface area contributed by atoms with Gasteiger partial charge in [0, 0.05) is 19.3 Å². The van der Waals surface area contributed by atoms with Crippen LogP contribution < -0.4 is 5.11 Å². The zero-order chi connectivity index (χ0) is 33.8. The molecular weight excluding hydrogens is 566 g/mol. The summed E-state index contributed by atoms with van der Waals surface area (Å²) in [5.74, 6) is -3.55. The number of carbonyl (C=O) groups excluding carboxylic acids is 1. The molecule has 0 aromatic heterocycles. The predicted octanol–water partition coefficient (Wildman–Crippen LogP) is 9.22. The Morgan fingerprint density at radius 2 is 0.844 bits per heavy atom. The van der Waals surface area contributed by atoms with Crippen molar-refractivity contribution in [2.45, 2.75) is 206 Å². The maximum absolute atomic E-state index is 12.6. The third-order valence-corrected chi connectivity index (χ3v) is 9.58. The predicted molar refractivity (Wildman–Crippen MR) is 184 cm³/mol. The van der Waals surface area contributed by atoms with E-state index in [1.165, 1.54) is 96.3 Å². The summed E-state index contributed by atoms with van der Waals surface area (Å²) in [7, 11) is 0. The Kier molecular flexibility index (Phi) is 27.2. The number of carbonyl (C=O) groups is 3. The molecule has 0 saturated carbocycles. The molecule has 0 rings (SSSR count). The highest BCUT2D eigenvalue weighted by molar-refractivity contribution is 5.77. The molecule has 0 bridgehead atoms. The number of hydrogen-bond acceptors (Lipinski definition) is 4. The third kappa shape index (κ3) is 18.1. The number of allylic oxidation sites excluding steroid dienone is 2. The van der Waals surface area contributed by atoms with Gasteiger partial charge in [0.1, 0.15) is 6.04 Å². The third-order valence-electron chi connectivity index (χ3n) is 9.58. The largest absolute Gasteiger partial charge is 0.544 e. The average Bonchev–Trinajstić information content (AvgIpc) is 3.00. The summed E-state index contributed by atoms with van der Waals surface area (Å²) in [4.78, 5) is 37.7. The first-order valence-electron chi connectivity index (χ1n) is 18.9. The summed E-state index contributed by atoms with van der Waals surface area (Å²) in [6, 6.07) is -3.33. The molecule has 0 aliphatic carbocycles. The molecule has 2 N–H and O–H groups in total. The van der Waals surface area contributed by atoms with E-state index in [-0.39, 0.29) is 25.8 Å². The van der Waals surface area contributed by atoms with E-state index in [4.69, 9.17) is 0 Å². The van der Waals surface area contributed by atoms with Crippen molar-refractivity contribution in [1.82, 2.24) is 0 Å². The van der Waals surface area contributed by atoms with Gasteiger partial charge in [0.15, 0.2) is 12.1 Å². The lowest BCUT2D eigenvalue weighted by Gasteiger charge is -2.52. The Hall–Kier alpha value is -1.89. The summed E-state index contributed by atoms with van der Waals surface area (Å²) in [5, 5.41) is 33.1. The van der Waals surface area contributed by atoms with E-state index in [0.717, 1.165) is 19.3 Å². The average molecular weight is 638 g/mol. The van der Waals surface area contributed by atoms with Gasteiger partial charge in [-0.1, -0.05) is 130 Å². The van der Waals surface area contributed by atoms with E-state index in [1.807, 2.05) is 20.8 Å². The Balaban J connectivity index is 4.66. The van der Waals surface area contributed by atoms with E-state index in [0.29, 0.717) is 25.7 Å². The summed E-state index contributed by atoms with van der Waals surface area (Å²) in [6.07, 6.45) is 30.0. The zero-order valence-corrected chi connectivity index (χ0v) is 29.7. The minimum atomic E-state index is -1.33. The topological polar surface area (TPSA) is 115 Å². The second-order valence-corrected chi connectivity index (χ2v) is 13.3. The summed E-state index contributed by atoms with van der Waals surface area (Å²) < 4.78 is -0.433. The quantitative estimate of drug-likeness (QED) is 0.0421. The molecule has 3 unspecified atom stereocenters. The van der Waals surface area contributed by atoms with Crippen molar-refractivity contribution in [3.8, 4) is 0 Å². The van der Waals surface area contributed by atoms with Crippen LogP contribution in [0.25, 0.3) is 0 Å². The first kappa shape index (κ1) is 43.1. The van der Waals surface area contributed by atoms with E-state index < -0.39 is 40.5 Å². The van der Waals surface area contributed by atoms with Crippen LogP contribution in [0, 0.1) is 0 Å². The monoisotopic (exact) mass is 638 g/mol. The van der Waals surface area contributed by atoms with Crippen LogP contribution in [0.4, 0.5) is 0 Å². The van der Waals surface area contributed by atoms with Gasteiger partial charge in [-0.25, -0.2) is 9.59 Å². The molecule has 0 saturated heterocycles. The van der Waals surface area contributed by atoms with Crippen molar-refractivity contribution in [2.24, 2.45) is 0 Å². The van der Waals surface area contributed by atoms with Gasteiger partial charge in [0.05, 0.1) is 12.5 Å². The van der Waals surface area contributed by atoms with Crippen LogP contribution in [-0.4, -0.2) is 57.3 Å². The van der Waals surface area contributed by atoms with Crippen LogP contribution in [0.1, 0.15) is 188 Å². The van der Waals surface area contributed by atoms with E-state index in [1.54, 1.807) is 0 Å². The van der Waals surface area contributed by atoms with Crippen molar-refractivity contribution in [3.63, 3.8) is 0 Å². The second kappa shape index (κ2) is 28.3. The number of nitrogens with zero attached hydrogens (tertiary/aromatic N) is 1. The van der Waals surface area contributed by atoms with Crippen LogP contribution in [0.5, 0.6) is 0 Å². The minimum Gasteiger partial charge on any atom is -0.544 e. The minimum absolute atomic E-state index is 0.208. The first-order chi connectivity index (χ1) is 21.7. The number of carboxylic acid groups (broad SMARTS) is 3. The standard InChI is InChI=1S/C38H71NO6/c1-5-9-10-11-12-13-14-15-16-17-18-19-20-21-22-23-24-25-26-27-28-32-39(33(29-6-2)36(40)41,34(30-7-3)37(42)43)35(31-8-4)38(44)45/h15-16,33-35H,5-14,17-32H2,1-4H3,(H2-,40,41,42,43,44,45)/b16-15+. The number of carboxylic acids is 3. The molecule has 0 aliphatic rings. The number of hydrogen-bond donors (Lipinski definition) is 2. The molecule has 7 heteroatoms. The highest BCUT2D eigenvalue weighted by Crippen LogP contribution is 2.34. The van der Waals surface area contributed by atoms with Crippen molar-refractivity contribution in [3.05, 3.63) is 12.2 Å². The van der Waals surface area contributed by atoms with Gasteiger partial charge in [0.2, 0.25) is 0 Å². The first-order valence-corrected chi connectivity index (χ1v) is 18.9. The molecule has 0 aliphatic heterocycles. The zero-order valence-electron chi connectivity index (χ0n) is 29.7. The smallest absolute Gasteiger partial charge is 0.362 e. The molecule has 7 nitrogen and oxygen atoms in total. The molecule has 264 valence electrons. The number of unbranched alkanes of at least 4 members (excludes halogenated alkanes) is 17. The SMILES string of the molecule is CCCCCCCC/C=C/CCCCCCCCCCCCC[N+](C(CCC)C(=O)[O-])(C(CCC)C(=O)O)C(CCC)C(=O)O. The maximum Gasteiger partial charge on any atom is 0.362 e. The molecule has 0 radical (unpaired) electrons. The van der Waals surface area contributed by atoms with Gasteiger partial charge in [0.25, 0.3) is 0 Å². The van der Waals surface area contributed by atoms with Gasteiger partial charge in [-0.05, 0) is 51.4 Å². The normalized spacial score (nSPS) is 15.1. The molecule has 0 amide bonds. The number of rotatable bonds is 33. The lowest BCUT2D eigenvalue weighted by molar-refractivity contribution is -0.975. The molecule has 0 aromatic rings. The maximum atomic E-state index is 12.6. The molecule has 45 heavy (non-hydrogen) atoms. The van der Waals surface area contributed by atoms with Crippen LogP contribution in [0.15, 0.2) is 12.2 Å². The summed E-state index contributed by atoms with van der Waals surface area (Å²) >= 11 is 0. The number of aliphatic carboxylic acids is 3. The van der Waals surface area contributed by atoms with Gasteiger partial charge in [-0.2, -0.15) is 0 Å². The Labute approximate surface area is 276 Å². The van der Waals surface area contributed by atoms with Crippen molar-refractivity contribution in [2.75, 3.05) is 6.54 Å². The fourth-order valence-corrected chi connectivity index (χ4v) is 7.15. The van der Waals surface area contributed by atoms with Gasteiger partial charge in [-0.3, -0.25) is 4.48 Å². The Morgan fingerprint density at radius 1 is 0.511 bits per heavy atom. The molecule has 0 heterocycles. The molecule has 0 spiro atoms. The van der Waals surface area contributed by atoms with Crippen molar-refractivity contribution >= 4 is 17.9 Å². The van der Waals surface area contributed by atoms with Crippen LogP contribution in [0.3, 0.4) is 0 Å². The van der Waals surface area contributed by atoms with Crippen molar-refractivity contribution in [1.29, 1.82) is 0 Å². The van der Waals surface area contributed by atoms with Crippen LogP contribution in [0.2, 0.25) is 0 Å². The molecule has 0 aromatic carbocycles. The Bertz CT molecular complexity index is 722. The highest BCUT2D eigenvalue weighted by Gasteiger charge is 2.54. The number of quaternary nitrogens is 1. The van der Waals surface area contributed by atoms with Crippen LogP contribution in [-0.2, 0) is 14.4 Å².